The van der Waals surface area contributed by atoms with Crippen LogP contribution in [-0.2, 0) is 0 Å². The van der Waals surface area contributed by atoms with Gasteiger partial charge in [0.05, 0.1) is 18.7 Å². The predicted octanol–water partition coefficient (Wildman–Crippen LogP) is 2.56. The Bertz CT molecular complexity index is 382. The van der Waals surface area contributed by atoms with Crippen LogP contribution in [0.4, 0.5) is 0 Å². The third kappa shape index (κ3) is 4.70. The molecule has 1 aromatic carbocycles. The van der Waals surface area contributed by atoms with Crippen molar-refractivity contribution >= 4 is 17.5 Å². The number of hydrogen-bond donors (Lipinski definition) is 0. The molecule has 0 saturated carbocycles. The van der Waals surface area contributed by atoms with Gasteiger partial charge in [0.25, 0.3) is 0 Å². The second kappa shape index (κ2) is 8.16. The van der Waals surface area contributed by atoms with Gasteiger partial charge in [-0.25, -0.2) is 0 Å². The zero-order valence-electron chi connectivity index (χ0n) is 11.3. The Kier molecular flexibility index (Phi) is 6.83. The van der Waals surface area contributed by atoms with Gasteiger partial charge in [0.2, 0.25) is 0 Å². The highest BCUT2D eigenvalue weighted by molar-refractivity contribution is 7.98. The average molecular weight is 267 g/mol. The number of para-hydroxylation sites is 1. The largest absolute Gasteiger partial charge is 0.493 e. The van der Waals surface area contributed by atoms with Crippen LogP contribution in [0.1, 0.15) is 17.3 Å². The first kappa shape index (κ1) is 15.1. The van der Waals surface area contributed by atoms with E-state index in [-0.39, 0.29) is 5.78 Å². The number of ketones is 1. The van der Waals surface area contributed by atoms with Gasteiger partial charge in [-0.3, -0.25) is 9.69 Å². The quantitative estimate of drug-likeness (QED) is 0.677. The van der Waals surface area contributed by atoms with Gasteiger partial charge in [-0.15, -0.1) is 0 Å². The number of nitrogens with zero attached hydrogens (tertiary/aromatic N) is 1. The average Bonchev–Trinajstić information content (AvgIpc) is 2.37. The van der Waals surface area contributed by atoms with Crippen molar-refractivity contribution in [2.24, 2.45) is 0 Å². The van der Waals surface area contributed by atoms with Crippen LogP contribution in [0.15, 0.2) is 24.3 Å². The van der Waals surface area contributed by atoms with Gasteiger partial charge in [0, 0.05) is 12.3 Å². The molecule has 100 valence electrons. The first-order chi connectivity index (χ1) is 8.69. The SMILES string of the molecule is CCOc1ccccc1C(=O)CN(C)CCSC. The van der Waals surface area contributed by atoms with E-state index >= 15 is 0 Å². The molecule has 1 aromatic rings. The minimum Gasteiger partial charge on any atom is -0.493 e. The highest BCUT2D eigenvalue weighted by Crippen LogP contribution is 2.18. The van der Waals surface area contributed by atoms with Crippen LogP contribution in [0.2, 0.25) is 0 Å². The van der Waals surface area contributed by atoms with Crippen molar-refractivity contribution in [2.45, 2.75) is 6.92 Å². The van der Waals surface area contributed by atoms with E-state index in [9.17, 15) is 4.79 Å². The van der Waals surface area contributed by atoms with Gasteiger partial charge in [-0.1, -0.05) is 12.1 Å². The Morgan fingerprint density at radius 1 is 1.39 bits per heavy atom. The van der Waals surface area contributed by atoms with Crippen molar-refractivity contribution in [2.75, 3.05) is 38.8 Å². The number of carbonyl (C=O) groups is 1. The molecule has 0 radical (unpaired) electrons. The van der Waals surface area contributed by atoms with E-state index in [0.717, 1.165) is 12.3 Å². The molecule has 0 heterocycles. The van der Waals surface area contributed by atoms with Crippen LogP contribution in [0.25, 0.3) is 0 Å². The van der Waals surface area contributed by atoms with Crippen LogP contribution >= 0.6 is 11.8 Å². The van der Waals surface area contributed by atoms with E-state index in [1.807, 2.05) is 43.1 Å². The van der Waals surface area contributed by atoms with Crippen molar-refractivity contribution in [1.82, 2.24) is 4.90 Å². The summed E-state index contributed by atoms with van der Waals surface area (Å²) in [6.45, 7) is 3.85. The smallest absolute Gasteiger partial charge is 0.180 e. The molecular formula is C14H21NO2S. The zero-order chi connectivity index (χ0) is 13.4. The van der Waals surface area contributed by atoms with E-state index in [0.29, 0.717) is 24.5 Å². The number of likely N-dealkylation sites (N-methyl/N-ethyl adjacent to an activating group) is 1. The van der Waals surface area contributed by atoms with Crippen molar-refractivity contribution < 1.29 is 9.53 Å². The molecule has 3 nitrogen and oxygen atoms in total. The number of Topliss-reactive ketones (excluding diaryl/α,β-unsaturated/α-hetero) is 1. The molecule has 0 aliphatic heterocycles. The van der Waals surface area contributed by atoms with Crippen LogP contribution in [0, 0.1) is 0 Å². The summed E-state index contributed by atoms with van der Waals surface area (Å²) in [4.78, 5) is 14.2. The standard InChI is InChI=1S/C14H21NO2S/c1-4-17-14-8-6-5-7-12(14)13(16)11-15(2)9-10-18-3/h5-8H,4,9-11H2,1-3H3. The topological polar surface area (TPSA) is 29.5 Å². The van der Waals surface area contributed by atoms with E-state index in [1.54, 1.807) is 11.8 Å². The maximum atomic E-state index is 12.2. The molecule has 18 heavy (non-hydrogen) atoms. The molecule has 0 bridgehead atoms. The lowest BCUT2D eigenvalue weighted by molar-refractivity contribution is 0.0945. The third-order valence-corrected chi connectivity index (χ3v) is 3.17. The molecule has 0 unspecified atom stereocenters. The molecule has 0 aromatic heterocycles. The van der Waals surface area contributed by atoms with Crippen LogP contribution in [0.3, 0.4) is 0 Å². The number of carbonyl (C=O) groups excluding carboxylic acids is 1. The highest BCUT2D eigenvalue weighted by Gasteiger charge is 2.13. The molecule has 1 rings (SSSR count). The molecule has 0 aliphatic carbocycles. The number of ether oxygens (including phenoxy) is 1. The lowest BCUT2D eigenvalue weighted by Crippen LogP contribution is -2.28. The Balaban J connectivity index is 2.65. The van der Waals surface area contributed by atoms with Crippen molar-refractivity contribution in [3.8, 4) is 5.75 Å². The molecule has 4 heteroatoms. The number of hydrogen-bond acceptors (Lipinski definition) is 4. The minimum atomic E-state index is 0.114. The summed E-state index contributed by atoms with van der Waals surface area (Å²) >= 11 is 1.79. The summed E-state index contributed by atoms with van der Waals surface area (Å²) in [5.74, 6) is 1.84. The highest BCUT2D eigenvalue weighted by atomic mass is 32.2. The summed E-state index contributed by atoms with van der Waals surface area (Å²) in [6.07, 6.45) is 2.07. The van der Waals surface area contributed by atoms with Gasteiger partial charge >= 0.3 is 0 Å². The lowest BCUT2D eigenvalue weighted by Gasteiger charge is -2.16. The Morgan fingerprint density at radius 2 is 2.11 bits per heavy atom. The maximum absolute atomic E-state index is 12.2. The first-order valence-corrected chi connectivity index (χ1v) is 7.51. The summed E-state index contributed by atoms with van der Waals surface area (Å²) < 4.78 is 5.48. The van der Waals surface area contributed by atoms with Crippen LogP contribution in [0.5, 0.6) is 5.75 Å². The zero-order valence-corrected chi connectivity index (χ0v) is 12.1. The maximum Gasteiger partial charge on any atom is 0.180 e. The Morgan fingerprint density at radius 3 is 2.78 bits per heavy atom. The molecular weight excluding hydrogens is 246 g/mol. The number of thioether (sulfide) groups is 1. The first-order valence-electron chi connectivity index (χ1n) is 6.11. The summed E-state index contributed by atoms with van der Waals surface area (Å²) in [6, 6.07) is 7.44. The summed E-state index contributed by atoms with van der Waals surface area (Å²) in [5, 5.41) is 0. The van der Waals surface area contributed by atoms with Gasteiger partial charge in [-0.05, 0) is 32.4 Å². The van der Waals surface area contributed by atoms with Crippen LogP contribution in [-0.4, -0.2) is 49.4 Å². The number of benzene rings is 1. The van der Waals surface area contributed by atoms with Crippen molar-refractivity contribution in [3.63, 3.8) is 0 Å². The van der Waals surface area contributed by atoms with Gasteiger partial charge in [-0.2, -0.15) is 11.8 Å². The Hall–Kier alpha value is -1.00. The molecule has 0 atom stereocenters. The monoisotopic (exact) mass is 267 g/mol. The fraction of sp³-hybridized carbons (Fsp3) is 0.500. The van der Waals surface area contributed by atoms with E-state index in [2.05, 4.69) is 6.26 Å². The van der Waals surface area contributed by atoms with E-state index < -0.39 is 0 Å². The molecule has 0 spiro atoms. The van der Waals surface area contributed by atoms with Gasteiger partial charge < -0.3 is 4.74 Å². The second-order valence-electron chi connectivity index (χ2n) is 4.08. The van der Waals surface area contributed by atoms with Gasteiger partial charge in [0.1, 0.15) is 5.75 Å². The number of rotatable bonds is 8. The summed E-state index contributed by atoms with van der Waals surface area (Å²) in [7, 11) is 1.97. The van der Waals surface area contributed by atoms with E-state index in [4.69, 9.17) is 4.74 Å². The van der Waals surface area contributed by atoms with Crippen molar-refractivity contribution in [1.29, 1.82) is 0 Å². The lowest BCUT2D eigenvalue weighted by atomic mass is 10.1. The Labute approximate surface area is 114 Å². The molecule has 0 N–H and O–H groups in total. The second-order valence-corrected chi connectivity index (χ2v) is 5.07. The fourth-order valence-corrected chi connectivity index (χ4v) is 2.13. The van der Waals surface area contributed by atoms with E-state index in [1.165, 1.54) is 0 Å². The molecule has 0 fully saturated rings. The normalized spacial score (nSPS) is 10.7. The van der Waals surface area contributed by atoms with Crippen LogP contribution < -0.4 is 4.74 Å². The molecule has 0 saturated heterocycles. The fourth-order valence-electron chi connectivity index (χ4n) is 1.63. The minimum absolute atomic E-state index is 0.114. The predicted molar refractivity (Wildman–Crippen MR) is 77.8 cm³/mol. The molecule has 0 aliphatic rings. The molecule has 0 amide bonds. The summed E-state index contributed by atoms with van der Waals surface area (Å²) in [5.41, 5.74) is 0.676. The third-order valence-electron chi connectivity index (χ3n) is 2.58. The van der Waals surface area contributed by atoms with Gasteiger partial charge in [0.15, 0.2) is 5.78 Å². The van der Waals surface area contributed by atoms with Crippen molar-refractivity contribution in [3.05, 3.63) is 29.8 Å².